The molecule has 2 unspecified atom stereocenters. The summed E-state index contributed by atoms with van der Waals surface area (Å²) in [5, 5.41) is 6.32. The molecule has 0 spiro atoms. The average molecular weight is 286 g/mol. The summed E-state index contributed by atoms with van der Waals surface area (Å²) in [6.07, 6.45) is 3.72. The molecule has 2 rings (SSSR count). The highest BCUT2D eigenvalue weighted by atomic mass is 79.9. The molecule has 3 nitrogen and oxygen atoms in total. The zero-order valence-corrected chi connectivity index (χ0v) is 10.7. The van der Waals surface area contributed by atoms with Gasteiger partial charge in [-0.25, -0.2) is 0 Å². The van der Waals surface area contributed by atoms with Crippen molar-refractivity contribution in [2.75, 3.05) is 0 Å². The standard InChI is InChI=1S/C10H12BrN3S/c1-7(12)10(14-4-2-3-13-14)9-5-8(11)6-15-9/h2-7,10H,12H2,1H3. The number of hydrogen-bond acceptors (Lipinski definition) is 3. The molecule has 15 heavy (non-hydrogen) atoms. The average Bonchev–Trinajstić information content (AvgIpc) is 2.77. The van der Waals surface area contributed by atoms with Gasteiger partial charge in [0.1, 0.15) is 6.04 Å². The van der Waals surface area contributed by atoms with Crippen molar-refractivity contribution in [3.8, 4) is 0 Å². The molecule has 0 amide bonds. The zero-order valence-electron chi connectivity index (χ0n) is 8.30. The lowest BCUT2D eigenvalue weighted by atomic mass is 10.1. The third kappa shape index (κ3) is 2.30. The van der Waals surface area contributed by atoms with Gasteiger partial charge in [0.25, 0.3) is 0 Å². The maximum Gasteiger partial charge on any atom is 0.101 e. The number of nitrogens with two attached hydrogens (primary N) is 1. The van der Waals surface area contributed by atoms with Crippen LogP contribution in [-0.2, 0) is 0 Å². The Morgan fingerprint density at radius 3 is 2.87 bits per heavy atom. The van der Waals surface area contributed by atoms with Crippen molar-refractivity contribution < 1.29 is 0 Å². The fraction of sp³-hybridized carbons (Fsp3) is 0.300. The highest BCUT2D eigenvalue weighted by Crippen LogP contribution is 2.29. The number of nitrogens with zero attached hydrogens (tertiary/aromatic N) is 2. The Balaban J connectivity index is 2.36. The van der Waals surface area contributed by atoms with Crippen molar-refractivity contribution in [2.45, 2.75) is 19.0 Å². The second-order valence-corrected chi connectivity index (χ2v) is 5.32. The quantitative estimate of drug-likeness (QED) is 0.942. The van der Waals surface area contributed by atoms with E-state index in [9.17, 15) is 0 Å². The Morgan fingerprint density at radius 1 is 1.60 bits per heavy atom. The van der Waals surface area contributed by atoms with Crippen LogP contribution in [0.25, 0.3) is 0 Å². The SMILES string of the molecule is CC(N)C(c1cc(Br)cs1)n1cccn1. The molecule has 0 saturated heterocycles. The van der Waals surface area contributed by atoms with Gasteiger partial charge in [-0.1, -0.05) is 0 Å². The van der Waals surface area contributed by atoms with Crippen LogP contribution in [0.3, 0.4) is 0 Å². The second kappa shape index (κ2) is 4.47. The molecule has 0 saturated carbocycles. The highest BCUT2D eigenvalue weighted by molar-refractivity contribution is 9.10. The molecule has 2 aromatic rings. The monoisotopic (exact) mass is 285 g/mol. The molecule has 5 heteroatoms. The smallest absolute Gasteiger partial charge is 0.101 e. The summed E-state index contributed by atoms with van der Waals surface area (Å²) in [4.78, 5) is 1.22. The van der Waals surface area contributed by atoms with Crippen molar-refractivity contribution in [3.05, 3.63) is 39.3 Å². The van der Waals surface area contributed by atoms with E-state index >= 15 is 0 Å². The Labute approximate surface area is 101 Å². The van der Waals surface area contributed by atoms with Crippen LogP contribution in [-0.4, -0.2) is 15.8 Å². The Kier molecular flexibility index (Phi) is 3.23. The lowest BCUT2D eigenvalue weighted by Crippen LogP contribution is -2.29. The van der Waals surface area contributed by atoms with Gasteiger partial charge in [-0.15, -0.1) is 11.3 Å². The van der Waals surface area contributed by atoms with E-state index in [2.05, 4.69) is 32.5 Å². The maximum atomic E-state index is 6.00. The van der Waals surface area contributed by atoms with Gasteiger partial charge in [0.15, 0.2) is 0 Å². The molecule has 0 aliphatic carbocycles. The summed E-state index contributed by atoms with van der Waals surface area (Å²) in [5.41, 5.74) is 6.00. The summed E-state index contributed by atoms with van der Waals surface area (Å²) in [5.74, 6) is 0. The van der Waals surface area contributed by atoms with Gasteiger partial charge < -0.3 is 5.73 Å². The van der Waals surface area contributed by atoms with Crippen LogP contribution in [0.4, 0.5) is 0 Å². The molecule has 2 atom stereocenters. The predicted molar refractivity (Wildman–Crippen MR) is 66.0 cm³/mol. The molecule has 0 fully saturated rings. The van der Waals surface area contributed by atoms with Crippen LogP contribution in [0.2, 0.25) is 0 Å². The molecule has 0 aliphatic heterocycles. The van der Waals surface area contributed by atoms with Gasteiger partial charge in [0, 0.05) is 33.2 Å². The van der Waals surface area contributed by atoms with Gasteiger partial charge >= 0.3 is 0 Å². The molecule has 2 aromatic heterocycles. The van der Waals surface area contributed by atoms with Crippen LogP contribution in [0, 0.1) is 0 Å². The van der Waals surface area contributed by atoms with Gasteiger partial charge in [-0.2, -0.15) is 5.10 Å². The normalized spacial score (nSPS) is 15.1. The summed E-state index contributed by atoms with van der Waals surface area (Å²) >= 11 is 5.15. The molecule has 0 radical (unpaired) electrons. The Bertz CT molecular complexity index is 422. The molecule has 2 N–H and O–H groups in total. The first-order valence-corrected chi connectivity index (χ1v) is 6.34. The first kappa shape index (κ1) is 10.9. The van der Waals surface area contributed by atoms with Crippen LogP contribution in [0.1, 0.15) is 17.8 Å². The third-order valence-corrected chi connectivity index (χ3v) is 3.95. The van der Waals surface area contributed by atoms with E-state index in [1.54, 1.807) is 17.5 Å². The van der Waals surface area contributed by atoms with Crippen molar-refractivity contribution >= 4 is 27.3 Å². The van der Waals surface area contributed by atoms with Gasteiger partial charge in [-0.3, -0.25) is 4.68 Å². The summed E-state index contributed by atoms with van der Waals surface area (Å²) in [6, 6.07) is 4.17. The number of hydrogen-bond donors (Lipinski definition) is 1. The maximum absolute atomic E-state index is 6.00. The zero-order chi connectivity index (χ0) is 10.8. The fourth-order valence-corrected chi connectivity index (χ4v) is 3.21. The first-order valence-electron chi connectivity index (χ1n) is 4.67. The van der Waals surface area contributed by atoms with E-state index in [0.717, 1.165) is 4.47 Å². The number of thiophene rings is 1. The van der Waals surface area contributed by atoms with E-state index in [1.165, 1.54) is 4.88 Å². The van der Waals surface area contributed by atoms with Gasteiger partial charge in [-0.05, 0) is 35.0 Å². The van der Waals surface area contributed by atoms with Crippen LogP contribution in [0.5, 0.6) is 0 Å². The highest BCUT2D eigenvalue weighted by Gasteiger charge is 2.20. The summed E-state index contributed by atoms with van der Waals surface area (Å²) in [7, 11) is 0. The van der Waals surface area contributed by atoms with Crippen LogP contribution < -0.4 is 5.73 Å². The lowest BCUT2D eigenvalue weighted by Gasteiger charge is -2.19. The van der Waals surface area contributed by atoms with Crippen molar-refractivity contribution in [2.24, 2.45) is 5.73 Å². The molecular formula is C10H12BrN3S. The van der Waals surface area contributed by atoms with E-state index in [4.69, 9.17) is 5.73 Å². The number of rotatable bonds is 3. The molecule has 80 valence electrons. The minimum atomic E-state index is 0.0375. The minimum Gasteiger partial charge on any atom is -0.326 e. The minimum absolute atomic E-state index is 0.0375. The van der Waals surface area contributed by atoms with E-state index < -0.39 is 0 Å². The van der Waals surface area contributed by atoms with E-state index in [-0.39, 0.29) is 12.1 Å². The Morgan fingerprint density at radius 2 is 2.40 bits per heavy atom. The number of aromatic nitrogens is 2. The summed E-state index contributed by atoms with van der Waals surface area (Å²) < 4.78 is 3.00. The molecular weight excluding hydrogens is 274 g/mol. The van der Waals surface area contributed by atoms with Gasteiger partial charge in [0.05, 0.1) is 0 Å². The van der Waals surface area contributed by atoms with E-state index in [1.807, 2.05) is 23.9 Å². The predicted octanol–water partition coefficient (Wildman–Crippen LogP) is 2.64. The molecule has 0 aromatic carbocycles. The Hall–Kier alpha value is -0.650. The largest absolute Gasteiger partial charge is 0.326 e. The third-order valence-electron chi connectivity index (χ3n) is 2.19. The summed E-state index contributed by atoms with van der Waals surface area (Å²) in [6.45, 7) is 2.00. The van der Waals surface area contributed by atoms with Crippen molar-refractivity contribution in [3.63, 3.8) is 0 Å². The van der Waals surface area contributed by atoms with Crippen molar-refractivity contribution in [1.29, 1.82) is 0 Å². The van der Waals surface area contributed by atoms with E-state index in [0.29, 0.717) is 0 Å². The molecule has 2 heterocycles. The second-order valence-electron chi connectivity index (χ2n) is 3.46. The van der Waals surface area contributed by atoms with Crippen LogP contribution >= 0.6 is 27.3 Å². The number of halogens is 1. The van der Waals surface area contributed by atoms with Crippen molar-refractivity contribution in [1.82, 2.24) is 9.78 Å². The molecule has 0 aliphatic rings. The van der Waals surface area contributed by atoms with Gasteiger partial charge in [0.2, 0.25) is 0 Å². The topological polar surface area (TPSA) is 43.8 Å². The first-order chi connectivity index (χ1) is 7.18. The lowest BCUT2D eigenvalue weighted by molar-refractivity contribution is 0.460. The molecule has 0 bridgehead atoms. The van der Waals surface area contributed by atoms with Crippen LogP contribution in [0.15, 0.2) is 34.4 Å². The fourth-order valence-electron chi connectivity index (χ4n) is 1.56.